The molecular formula is C26H27F2N3O3S. The maximum absolute atomic E-state index is 14.0. The number of carbonyl (C=O) groups is 1. The van der Waals surface area contributed by atoms with E-state index in [1.165, 1.54) is 0 Å². The second-order valence-corrected chi connectivity index (χ2v) is 10.3. The lowest BCUT2D eigenvalue weighted by Crippen LogP contribution is -2.49. The lowest BCUT2D eigenvalue weighted by Gasteiger charge is -2.34. The van der Waals surface area contributed by atoms with Gasteiger partial charge in [0.25, 0.3) is 0 Å². The summed E-state index contributed by atoms with van der Waals surface area (Å²) in [7, 11) is -4.13. The number of halogens is 2. The number of hydrogen-bond acceptors (Lipinski definition) is 4. The highest BCUT2D eigenvalue weighted by Crippen LogP contribution is 2.23. The van der Waals surface area contributed by atoms with E-state index in [1.807, 2.05) is 65.6 Å². The van der Waals surface area contributed by atoms with Gasteiger partial charge in [0.2, 0.25) is 15.9 Å². The van der Waals surface area contributed by atoms with Crippen molar-refractivity contribution in [2.24, 2.45) is 0 Å². The van der Waals surface area contributed by atoms with Gasteiger partial charge >= 0.3 is 0 Å². The standard InChI is InChI=1S/C26H27F2N3O3S/c27-22-11-12-23(28)24(19-22)35(33,34)31-17-15-30(16-18-31)14-13-25(32)29-26(20-7-3-1-4-8-20)21-9-5-2-6-10-21/h1-12,19,26H,13-18H2,(H,29,32). The van der Waals surface area contributed by atoms with Crippen molar-refractivity contribution in [2.75, 3.05) is 32.7 Å². The number of nitrogens with zero attached hydrogens (tertiary/aromatic N) is 2. The van der Waals surface area contributed by atoms with Crippen LogP contribution in [0.15, 0.2) is 83.8 Å². The maximum Gasteiger partial charge on any atom is 0.246 e. The van der Waals surface area contributed by atoms with E-state index < -0.39 is 26.6 Å². The molecule has 0 unspecified atom stereocenters. The summed E-state index contributed by atoms with van der Waals surface area (Å²) in [5.41, 5.74) is 1.96. The molecule has 0 aromatic heterocycles. The highest BCUT2D eigenvalue weighted by molar-refractivity contribution is 7.89. The molecule has 0 saturated carbocycles. The van der Waals surface area contributed by atoms with E-state index in [-0.39, 0.29) is 31.5 Å². The first-order valence-electron chi connectivity index (χ1n) is 11.4. The van der Waals surface area contributed by atoms with Crippen LogP contribution >= 0.6 is 0 Å². The van der Waals surface area contributed by atoms with Gasteiger partial charge < -0.3 is 10.2 Å². The van der Waals surface area contributed by atoms with Crippen LogP contribution in [0.25, 0.3) is 0 Å². The number of rotatable bonds is 8. The Bertz CT molecular complexity index is 1210. The van der Waals surface area contributed by atoms with E-state index in [0.29, 0.717) is 25.7 Å². The van der Waals surface area contributed by atoms with Gasteiger partial charge in [-0.15, -0.1) is 0 Å². The zero-order chi connectivity index (χ0) is 24.8. The molecule has 3 aromatic carbocycles. The third kappa shape index (κ3) is 6.11. The maximum atomic E-state index is 14.0. The minimum absolute atomic E-state index is 0.111. The third-order valence-corrected chi connectivity index (χ3v) is 7.98. The van der Waals surface area contributed by atoms with Crippen LogP contribution in [0.3, 0.4) is 0 Å². The number of amides is 1. The molecule has 1 fully saturated rings. The van der Waals surface area contributed by atoms with E-state index in [4.69, 9.17) is 0 Å². The smallest absolute Gasteiger partial charge is 0.246 e. The largest absolute Gasteiger partial charge is 0.345 e. The predicted octanol–water partition coefficient (Wildman–Crippen LogP) is 3.57. The van der Waals surface area contributed by atoms with Crippen molar-refractivity contribution in [1.29, 1.82) is 0 Å². The summed E-state index contributed by atoms with van der Waals surface area (Å²) in [4.78, 5) is 14.1. The fourth-order valence-electron chi connectivity index (χ4n) is 4.15. The summed E-state index contributed by atoms with van der Waals surface area (Å²) in [6, 6.07) is 21.6. The van der Waals surface area contributed by atoms with Gasteiger partial charge in [-0.25, -0.2) is 17.2 Å². The number of benzene rings is 3. The van der Waals surface area contributed by atoms with Crippen LogP contribution in [0.2, 0.25) is 0 Å². The average Bonchev–Trinajstić information content (AvgIpc) is 2.88. The second-order valence-electron chi connectivity index (χ2n) is 8.39. The Morgan fingerprint density at radius 2 is 1.43 bits per heavy atom. The molecule has 4 rings (SSSR count). The number of piperazine rings is 1. The average molecular weight is 500 g/mol. The van der Waals surface area contributed by atoms with Gasteiger partial charge in [-0.05, 0) is 29.3 Å². The van der Waals surface area contributed by atoms with Crippen molar-refractivity contribution < 1.29 is 22.0 Å². The van der Waals surface area contributed by atoms with E-state index in [1.54, 1.807) is 0 Å². The number of nitrogens with one attached hydrogen (secondary N) is 1. The first-order valence-corrected chi connectivity index (χ1v) is 12.9. The predicted molar refractivity (Wildman–Crippen MR) is 129 cm³/mol. The quantitative estimate of drug-likeness (QED) is 0.515. The fraction of sp³-hybridized carbons (Fsp3) is 0.269. The molecule has 0 aliphatic carbocycles. The summed E-state index contributed by atoms with van der Waals surface area (Å²) in [5, 5.41) is 3.11. The van der Waals surface area contributed by atoms with E-state index in [0.717, 1.165) is 27.6 Å². The van der Waals surface area contributed by atoms with Crippen LogP contribution in [0.4, 0.5) is 8.78 Å². The molecular weight excluding hydrogens is 472 g/mol. The Morgan fingerprint density at radius 3 is 2.00 bits per heavy atom. The van der Waals surface area contributed by atoms with Crippen molar-refractivity contribution in [3.05, 3.63) is 102 Å². The molecule has 1 amide bonds. The van der Waals surface area contributed by atoms with Crippen molar-refractivity contribution in [1.82, 2.24) is 14.5 Å². The van der Waals surface area contributed by atoms with Crippen LogP contribution in [-0.2, 0) is 14.8 Å². The number of carbonyl (C=O) groups excluding carboxylic acids is 1. The molecule has 0 spiro atoms. The summed E-state index contributed by atoms with van der Waals surface area (Å²) in [5.74, 6) is -1.89. The molecule has 1 heterocycles. The van der Waals surface area contributed by atoms with Crippen LogP contribution in [-0.4, -0.2) is 56.3 Å². The molecule has 1 aliphatic rings. The van der Waals surface area contributed by atoms with E-state index >= 15 is 0 Å². The van der Waals surface area contributed by atoms with Crippen LogP contribution < -0.4 is 5.32 Å². The Hall–Kier alpha value is -3.14. The molecule has 9 heteroatoms. The van der Waals surface area contributed by atoms with Crippen LogP contribution in [0, 0.1) is 11.6 Å². The topological polar surface area (TPSA) is 69.7 Å². The van der Waals surface area contributed by atoms with Gasteiger partial charge in [0.05, 0.1) is 6.04 Å². The molecule has 1 saturated heterocycles. The highest BCUT2D eigenvalue weighted by Gasteiger charge is 2.31. The summed E-state index contributed by atoms with van der Waals surface area (Å²) < 4.78 is 54.2. The molecule has 0 atom stereocenters. The molecule has 0 radical (unpaired) electrons. The fourth-order valence-corrected chi connectivity index (χ4v) is 5.65. The third-order valence-electron chi connectivity index (χ3n) is 6.07. The lowest BCUT2D eigenvalue weighted by atomic mass is 9.98. The van der Waals surface area contributed by atoms with Crippen molar-refractivity contribution in [3.8, 4) is 0 Å². The Balaban J connectivity index is 1.33. The Kier molecular flexibility index (Phi) is 7.90. The molecule has 6 nitrogen and oxygen atoms in total. The zero-order valence-electron chi connectivity index (χ0n) is 19.1. The Morgan fingerprint density at radius 1 is 0.857 bits per heavy atom. The van der Waals surface area contributed by atoms with Gasteiger partial charge in [-0.3, -0.25) is 4.79 Å². The summed E-state index contributed by atoms with van der Waals surface area (Å²) >= 11 is 0. The van der Waals surface area contributed by atoms with E-state index in [2.05, 4.69) is 5.32 Å². The van der Waals surface area contributed by atoms with Crippen LogP contribution in [0.5, 0.6) is 0 Å². The molecule has 1 N–H and O–H groups in total. The number of sulfonamides is 1. The van der Waals surface area contributed by atoms with Crippen LogP contribution in [0.1, 0.15) is 23.6 Å². The SMILES string of the molecule is O=C(CCN1CCN(S(=O)(=O)c2cc(F)ccc2F)CC1)NC(c1ccccc1)c1ccccc1. The number of hydrogen-bond donors (Lipinski definition) is 1. The van der Waals surface area contributed by atoms with Crippen molar-refractivity contribution in [3.63, 3.8) is 0 Å². The lowest BCUT2D eigenvalue weighted by molar-refractivity contribution is -0.122. The zero-order valence-corrected chi connectivity index (χ0v) is 19.9. The van der Waals surface area contributed by atoms with Gasteiger partial charge in [-0.2, -0.15) is 4.31 Å². The van der Waals surface area contributed by atoms with Crippen molar-refractivity contribution >= 4 is 15.9 Å². The van der Waals surface area contributed by atoms with Gasteiger partial charge in [-0.1, -0.05) is 60.7 Å². The molecule has 1 aliphatic heterocycles. The molecule has 35 heavy (non-hydrogen) atoms. The Labute approximate surface area is 204 Å². The van der Waals surface area contributed by atoms with Gasteiger partial charge in [0.1, 0.15) is 16.5 Å². The van der Waals surface area contributed by atoms with Gasteiger partial charge in [0, 0.05) is 39.1 Å². The normalized spacial score (nSPS) is 15.3. The van der Waals surface area contributed by atoms with E-state index in [9.17, 15) is 22.0 Å². The van der Waals surface area contributed by atoms with Crippen molar-refractivity contribution in [2.45, 2.75) is 17.4 Å². The molecule has 3 aromatic rings. The first-order chi connectivity index (χ1) is 16.8. The molecule has 0 bridgehead atoms. The monoisotopic (exact) mass is 499 g/mol. The molecule has 184 valence electrons. The summed E-state index contributed by atoms with van der Waals surface area (Å²) in [6.45, 7) is 1.52. The second kappa shape index (κ2) is 11.1. The van der Waals surface area contributed by atoms with Gasteiger partial charge in [0.15, 0.2) is 0 Å². The summed E-state index contributed by atoms with van der Waals surface area (Å²) in [6.07, 6.45) is 0.251. The first kappa shape index (κ1) is 25.0. The highest BCUT2D eigenvalue weighted by atomic mass is 32.2. The minimum Gasteiger partial charge on any atom is -0.345 e. The minimum atomic E-state index is -4.13.